The molecule has 8 heteroatoms. The highest BCUT2D eigenvalue weighted by Gasteiger charge is 2.19. The number of nitrogens with one attached hydrogen (secondary N) is 1. The molecule has 3 N–H and O–H groups in total. The van der Waals surface area contributed by atoms with Gasteiger partial charge >= 0.3 is 0 Å². The van der Waals surface area contributed by atoms with Gasteiger partial charge in [0.15, 0.2) is 22.2 Å². The SMILES string of the molecule is N=NC(S(=O)O)S(=O)O. The molecule has 0 radical (unpaired) electrons. The van der Waals surface area contributed by atoms with Crippen LogP contribution in [0.25, 0.3) is 0 Å². The van der Waals surface area contributed by atoms with Crippen LogP contribution in [0.2, 0.25) is 0 Å². The lowest BCUT2D eigenvalue weighted by Crippen LogP contribution is -2.16. The molecule has 9 heavy (non-hydrogen) atoms. The zero-order valence-corrected chi connectivity index (χ0v) is 5.68. The van der Waals surface area contributed by atoms with E-state index < -0.39 is 26.9 Å². The first kappa shape index (κ1) is 8.82. The van der Waals surface area contributed by atoms with Crippen molar-refractivity contribution in [1.29, 1.82) is 5.53 Å². The van der Waals surface area contributed by atoms with Crippen molar-refractivity contribution in [2.24, 2.45) is 5.11 Å². The second-order valence-electron chi connectivity index (χ2n) is 0.988. The molecule has 0 fully saturated rings. The van der Waals surface area contributed by atoms with Crippen LogP contribution in [0.4, 0.5) is 0 Å². The molecular formula is CH4N2O4S2. The molecule has 0 rings (SSSR count). The highest BCUT2D eigenvalue weighted by Crippen LogP contribution is 1.98. The van der Waals surface area contributed by atoms with Crippen molar-refractivity contribution in [3.05, 3.63) is 0 Å². The van der Waals surface area contributed by atoms with Crippen LogP contribution >= 0.6 is 0 Å². The number of hydrogen-bond acceptors (Lipinski definition) is 4. The third kappa shape index (κ3) is 2.75. The van der Waals surface area contributed by atoms with Crippen LogP contribution in [0.5, 0.6) is 0 Å². The van der Waals surface area contributed by atoms with Gasteiger partial charge in [-0.15, -0.1) is 0 Å². The van der Waals surface area contributed by atoms with E-state index >= 15 is 0 Å². The lowest BCUT2D eigenvalue weighted by Gasteiger charge is -1.96. The van der Waals surface area contributed by atoms with Gasteiger partial charge in [0, 0.05) is 0 Å². The quantitative estimate of drug-likeness (QED) is 0.402. The van der Waals surface area contributed by atoms with Crippen molar-refractivity contribution in [3.63, 3.8) is 0 Å². The molecule has 0 aromatic carbocycles. The molecule has 6 nitrogen and oxygen atoms in total. The first-order valence-corrected chi connectivity index (χ1v) is 3.99. The third-order valence-corrected chi connectivity index (χ3v) is 2.34. The summed E-state index contributed by atoms with van der Waals surface area (Å²) in [5.41, 5.74) is 6.14. The monoisotopic (exact) mass is 172 g/mol. The molecule has 54 valence electrons. The zero-order chi connectivity index (χ0) is 7.44. The Hall–Kier alpha value is -0.180. The molecule has 0 spiro atoms. The molecule has 0 amide bonds. The average molecular weight is 172 g/mol. The molecule has 0 aliphatic heterocycles. The van der Waals surface area contributed by atoms with Gasteiger partial charge in [-0.1, -0.05) is 0 Å². The van der Waals surface area contributed by atoms with Gasteiger partial charge in [-0.05, 0) is 0 Å². The van der Waals surface area contributed by atoms with Crippen LogP contribution in [0.1, 0.15) is 0 Å². The summed E-state index contributed by atoms with van der Waals surface area (Å²) >= 11 is -5.08. The van der Waals surface area contributed by atoms with E-state index in [1.807, 2.05) is 0 Å². The average Bonchev–Trinajstić information content (AvgIpc) is 1.64. The molecule has 0 aliphatic carbocycles. The summed E-state index contributed by atoms with van der Waals surface area (Å²) in [6, 6.07) is 0. The Kier molecular flexibility index (Phi) is 3.70. The lowest BCUT2D eigenvalue weighted by molar-refractivity contribution is 0.537. The van der Waals surface area contributed by atoms with Crippen molar-refractivity contribution < 1.29 is 17.5 Å². The maximum Gasteiger partial charge on any atom is 0.269 e. The Balaban J connectivity index is 4.16. The molecule has 0 aliphatic rings. The van der Waals surface area contributed by atoms with E-state index in [1.165, 1.54) is 0 Å². The molecule has 0 heterocycles. The topological polar surface area (TPSA) is 111 Å². The molecule has 2 unspecified atom stereocenters. The normalized spacial score (nSPS) is 20.2. The summed E-state index contributed by atoms with van der Waals surface area (Å²) in [5.74, 6) is 0. The maximum absolute atomic E-state index is 9.92. The predicted molar refractivity (Wildman–Crippen MR) is 30.5 cm³/mol. The molecule has 0 saturated heterocycles. The summed E-state index contributed by atoms with van der Waals surface area (Å²) < 4.78 is 34.3. The first-order valence-electron chi connectivity index (χ1n) is 1.65. The van der Waals surface area contributed by atoms with Gasteiger partial charge in [0.25, 0.3) is 4.71 Å². The van der Waals surface area contributed by atoms with Gasteiger partial charge < -0.3 is 9.11 Å². The highest BCUT2D eigenvalue weighted by atomic mass is 32.3. The van der Waals surface area contributed by atoms with Crippen LogP contribution in [0.3, 0.4) is 0 Å². The first-order chi connectivity index (χ1) is 4.09. The molecule has 0 aromatic rings. The van der Waals surface area contributed by atoms with E-state index in [-0.39, 0.29) is 0 Å². The van der Waals surface area contributed by atoms with Crippen molar-refractivity contribution in [2.75, 3.05) is 0 Å². The van der Waals surface area contributed by atoms with E-state index in [0.29, 0.717) is 0 Å². The van der Waals surface area contributed by atoms with Crippen molar-refractivity contribution in [3.8, 4) is 0 Å². The minimum Gasteiger partial charge on any atom is -0.304 e. The second-order valence-corrected chi connectivity index (χ2v) is 3.28. The number of nitrogens with zero attached hydrogens (tertiary/aromatic N) is 1. The Morgan fingerprint density at radius 2 is 1.67 bits per heavy atom. The Morgan fingerprint density at radius 3 is 1.67 bits per heavy atom. The van der Waals surface area contributed by atoms with Crippen molar-refractivity contribution in [2.45, 2.75) is 4.71 Å². The Bertz CT molecular complexity index is 143. The number of hydrogen-bond donors (Lipinski definition) is 3. The summed E-state index contributed by atoms with van der Waals surface area (Å²) in [5, 5.41) is 2.44. The summed E-state index contributed by atoms with van der Waals surface area (Å²) in [6.45, 7) is 0. The molecule has 2 atom stereocenters. The van der Waals surface area contributed by atoms with Gasteiger partial charge in [-0.2, -0.15) is 5.11 Å². The Labute approximate surface area is 55.7 Å². The van der Waals surface area contributed by atoms with Crippen LogP contribution in [-0.2, 0) is 22.2 Å². The van der Waals surface area contributed by atoms with E-state index in [9.17, 15) is 8.42 Å². The van der Waals surface area contributed by atoms with E-state index in [2.05, 4.69) is 5.11 Å². The van der Waals surface area contributed by atoms with E-state index in [1.54, 1.807) is 0 Å². The summed E-state index contributed by atoms with van der Waals surface area (Å²) in [7, 11) is 0. The van der Waals surface area contributed by atoms with Crippen LogP contribution in [0, 0.1) is 5.53 Å². The molecule has 0 aromatic heterocycles. The number of rotatable bonds is 3. The van der Waals surface area contributed by atoms with Gasteiger partial charge in [0.2, 0.25) is 0 Å². The fourth-order valence-electron chi connectivity index (χ4n) is 0.161. The second kappa shape index (κ2) is 3.77. The molecular weight excluding hydrogens is 168 g/mol. The van der Waals surface area contributed by atoms with Crippen LogP contribution in [0.15, 0.2) is 5.11 Å². The fourth-order valence-corrected chi connectivity index (χ4v) is 0.904. The molecule has 0 bridgehead atoms. The minimum atomic E-state index is -2.54. The summed E-state index contributed by atoms with van der Waals surface area (Å²) in [6.07, 6.45) is 0. The fraction of sp³-hybridized carbons (Fsp3) is 1.00. The summed E-state index contributed by atoms with van der Waals surface area (Å²) in [4.78, 5) is 0. The van der Waals surface area contributed by atoms with Crippen LogP contribution in [-0.4, -0.2) is 22.2 Å². The third-order valence-electron chi connectivity index (χ3n) is 0.450. The predicted octanol–water partition coefficient (Wildman–Crippen LogP) is -0.256. The van der Waals surface area contributed by atoms with Crippen molar-refractivity contribution >= 4 is 22.2 Å². The lowest BCUT2D eigenvalue weighted by atomic mass is 11.5. The smallest absolute Gasteiger partial charge is 0.269 e. The van der Waals surface area contributed by atoms with E-state index in [4.69, 9.17) is 14.6 Å². The van der Waals surface area contributed by atoms with Gasteiger partial charge in [-0.3, -0.25) is 0 Å². The van der Waals surface area contributed by atoms with Gasteiger partial charge in [0.05, 0.1) is 0 Å². The minimum absolute atomic E-state index is 1.73. The van der Waals surface area contributed by atoms with Crippen molar-refractivity contribution in [1.82, 2.24) is 0 Å². The largest absolute Gasteiger partial charge is 0.304 e. The van der Waals surface area contributed by atoms with E-state index in [0.717, 1.165) is 0 Å². The standard InChI is InChI=1S/CH4N2O4S2/c2-3-1(8(4)5)9(6)7/h1-2H,(H,4,5)(H,6,7). The highest BCUT2D eigenvalue weighted by molar-refractivity contribution is 7.97. The Morgan fingerprint density at radius 1 is 1.33 bits per heavy atom. The maximum atomic E-state index is 9.92. The zero-order valence-electron chi connectivity index (χ0n) is 4.05. The van der Waals surface area contributed by atoms with Crippen LogP contribution < -0.4 is 0 Å². The van der Waals surface area contributed by atoms with Gasteiger partial charge in [0.1, 0.15) is 0 Å². The van der Waals surface area contributed by atoms with Gasteiger partial charge in [-0.25, -0.2) is 13.9 Å². The molecule has 0 saturated carbocycles.